The second-order valence-electron chi connectivity index (χ2n) is 11.5. The van der Waals surface area contributed by atoms with Crippen molar-refractivity contribution < 1.29 is 0 Å². The Kier molecular flexibility index (Phi) is 23.1. The van der Waals surface area contributed by atoms with Gasteiger partial charge in [0, 0.05) is 25.5 Å². The zero-order chi connectivity index (χ0) is 25.2. The predicted octanol–water partition coefficient (Wildman–Crippen LogP) is 11.2. The summed E-state index contributed by atoms with van der Waals surface area (Å²) < 4.78 is 0. The molecule has 0 amide bonds. The van der Waals surface area contributed by atoms with Crippen molar-refractivity contribution in [2.45, 2.75) is 187 Å². The minimum atomic E-state index is 0.643. The van der Waals surface area contributed by atoms with Crippen molar-refractivity contribution >= 4 is 0 Å². The standard InChI is InChI=1S/C33H66N2/c1-4-7-10-12-14-15-16-17-18-19-20-22-24-27-30-35-32-31-34(29-26-9-6-3)33(35)28-25-23-21-13-11-8-5-2/h31-33H,4-30H2,1-3H3. The molecule has 208 valence electrons. The zero-order valence-corrected chi connectivity index (χ0v) is 24.7. The molecule has 2 nitrogen and oxygen atoms in total. The molecule has 1 aliphatic heterocycles. The Balaban J connectivity index is 2.10. The van der Waals surface area contributed by atoms with Gasteiger partial charge in [-0.25, -0.2) is 0 Å². The molecule has 0 aromatic carbocycles. The number of hydrogen-bond donors (Lipinski definition) is 0. The van der Waals surface area contributed by atoms with Crippen LogP contribution in [0.4, 0.5) is 0 Å². The lowest BCUT2D eigenvalue weighted by atomic mass is 10.0. The third kappa shape index (κ3) is 18.3. The molecule has 35 heavy (non-hydrogen) atoms. The largest absolute Gasteiger partial charge is 0.356 e. The normalized spacial score (nSPS) is 15.6. The minimum Gasteiger partial charge on any atom is -0.356 e. The zero-order valence-electron chi connectivity index (χ0n) is 24.7. The molecule has 0 aliphatic carbocycles. The first kappa shape index (κ1) is 32.4. The molecule has 0 spiro atoms. The van der Waals surface area contributed by atoms with E-state index in [0.717, 1.165) is 0 Å². The van der Waals surface area contributed by atoms with Crippen molar-refractivity contribution in [3.63, 3.8) is 0 Å². The Morgan fingerprint density at radius 1 is 0.371 bits per heavy atom. The van der Waals surface area contributed by atoms with Gasteiger partial charge in [0.05, 0.1) is 0 Å². The average Bonchev–Trinajstić information content (AvgIpc) is 3.25. The topological polar surface area (TPSA) is 6.48 Å². The molecule has 1 heterocycles. The van der Waals surface area contributed by atoms with E-state index in [4.69, 9.17) is 0 Å². The number of hydrogen-bond acceptors (Lipinski definition) is 2. The van der Waals surface area contributed by atoms with Crippen LogP contribution in [0.3, 0.4) is 0 Å². The Hall–Kier alpha value is -0.660. The Labute approximate surface area is 222 Å². The molecule has 0 N–H and O–H groups in total. The highest BCUT2D eigenvalue weighted by Crippen LogP contribution is 2.23. The molecule has 1 unspecified atom stereocenters. The highest BCUT2D eigenvalue weighted by atomic mass is 15.4. The third-order valence-corrected chi connectivity index (χ3v) is 8.07. The second-order valence-corrected chi connectivity index (χ2v) is 11.5. The summed E-state index contributed by atoms with van der Waals surface area (Å²) in [6, 6.07) is 0. The van der Waals surface area contributed by atoms with Crippen LogP contribution in [0.15, 0.2) is 12.4 Å². The summed E-state index contributed by atoms with van der Waals surface area (Å²) in [6.45, 7) is 9.45. The first-order valence-corrected chi connectivity index (χ1v) is 16.5. The molecule has 1 atom stereocenters. The summed E-state index contributed by atoms with van der Waals surface area (Å²) >= 11 is 0. The van der Waals surface area contributed by atoms with Crippen molar-refractivity contribution in [1.29, 1.82) is 0 Å². The van der Waals surface area contributed by atoms with Gasteiger partial charge in [-0.2, -0.15) is 0 Å². The van der Waals surface area contributed by atoms with Gasteiger partial charge in [0.25, 0.3) is 0 Å². The molecule has 0 fully saturated rings. The molecule has 0 bridgehead atoms. The summed E-state index contributed by atoms with van der Waals surface area (Å²) in [5.74, 6) is 0. The first-order chi connectivity index (χ1) is 17.3. The van der Waals surface area contributed by atoms with Crippen LogP contribution in [-0.4, -0.2) is 29.1 Å². The van der Waals surface area contributed by atoms with Crippen molar-refractivity contribution in [2.24, 2.45) is 0 Å². The SMILES string of the molecule is CCCCCCCCCCCCCCCCN1C=CN(CCCCC)C1CCCCCCCCC. The summed E-state index contributed by atoms with van der Waals surface area (Å²) in [6.07, 6.45) is 41.0. The van der Waals surface area contributed by atoms with Gasteiger partial charge in [0.2, 0.25) is 0 Å². The lowest BCUT2D eigenvalue weighted by Gasteiger charge is -2.33. The Morgan fingerprint density at radius 3 is 1.06 bits per heavy atom. The average molecular weight is 491 g/mol. The van der Waals surface area contributed by atoms with E-state index in [1.165, 1.54) is 174 Å². The highest BCUT2D eigenvalue weighted by Gasteiger charge is 2.24. The van der Waals surface area contributed by atoms with E-state index in [1.54, 1.807) is 0 Å². The van der Waals surface area contributed by atoms with Crippen LogP contribution in [0.5, 0.6) is 0 Å². The number of rotatable bonds is 27. The minimum absolute atomic E-state index is 0.643. The molecule has 0 saturated carbocycles. The quantitative estimate of drug-likeness (QED) is 0.106. The highest BCUT2D eigenvalue weighted by molar-refractivity contribution is 4.97. The van der Waals surface area contributed by atoms with Gasteiger partial charge >= 0.3 is 0 Å². The predicted molar refractivity (Wildman–Crippen MR) is 159 cm³/mol. The maximum absolute atomic E-state index is 2.68. The maximum Gasteiger partial charge on any atom is 0.101 e. The van der Waals surface area contributed by atoms with Gasteiger partial charge in [-0.15, -0.1) is 0 Å². The molecule has 1 rings (SSSR count). The molecule has 0 radical (unpaired) electrons. The van der Waals surface area contributed by atoms with E-state index in [9.17, 15) is 0 Å². The lowest BCUT2D eigenvalue weighted by Crippen LogP contribution is -2.39. The van der Waals surface area contributed by atoms with Crippen LogP contribution in [0.1, 0.15) is 181 Å². The summed E-state index contributed by atoms with van der Waals surface area (Å²) in [7, 11) is 0. The van der Waals surface area contributed by atoms with Crippen LogP contribution in [0.25, 0.3) is 0 Å². The van der Waals surface area contributed by atoms with Crippen LogP contribution in [-0.2, 0) is 0 Å². The summed E-state index contributed by atoms with van der Waals surface area (Å²) in [5, 5.41) is 0. The molecule has 0 aromatic heterocycles. The Bertz CT molecular complexity index is 446. The summed E-state index contributed by atoms with van der Waals surface area (Å²) in [4.78, 5) is 5.35. The van der Waals surface area contributed by atoms with Crippen LogP contribution in [0.2, 0.25) is 0 Å². The smallest absolute Gasteiger partial charge is 0.101 e. The Morgan fingerprint density at radius 2 is 0.657 bits per heavy atom. The van der Waals surface area contributed by atoms with Crippen molar-refractivity contribution in [3.05, 3.63) is 12.4 Å². The van der Waals surface area contributed by atoms with Crippen LogP contribution < -0.4 is 0 Å². The van der Waals surface area contributed by atoms with E-state index < -0.39 is 0 Å². The van der Waals surface area contributed by atoms with E-state index in [-0.39, 0.29) is 0 Å². The molecule has 0 saturated heterocycles. The fourth-order valence-corrected chi connectivity index (χ4v) is 5.66. The molecule has 1 aliphatic rings. The molecule has 2 heteroatoms. The number of unbranched alkanes of at least 4 members (excludes halogenated alkanes) is 21. The van der Waals surface area contributed by atoms with E-state index in [2.05, 4.69) is 43.0 Å². The van der Waals surface area contributed by atoms with Gasteiger partial charge < -0.3 is 9.80 Å². The van der Waals surface area contributed by atoms with Gasteiger partial charge in [0.1, 0.15) is 6.17 Å². The van der Waals surface area contributed by atoms with Crippen molar-refractivity contribution in [1.82, 2.24) is 9.80 Å². The van der Waals surface area contributed by atoms with Gasteiger partial charge in [-0.1, -0.05) is 156 Å². The third-order valence-electron chi connectivity index (χ3n) is 8.07. The molecule has 0 aromatic rings. The van der Waals surface area contributed by atoms with Crippen molar-refractivity contribution in [3.8, 4) is 0 Å². The van der Waals surface area contributed by atoms with Crippen LogP contribution in [0, 0.1) is 0 Å². The lowest BCUT2D eigenvalue weighted by molar-refractivity contribution is 0.135. The maximum atomic E-state index is 2.68. The summed E-state index contributed by atoms with van der Waals surface area (Å²) in [5.41, 5.74) is 0. The number of nitrogens with zero attached hydrogens (tertiary/aromatic N) is 2. The van der Waals surface area contributed by atoms with E-state index >= 15 is 0 Å². The monoisotopic (exact) mass is 491 g/mol. The van der Waals surface area contributed by atoms with Crippen molar-refractivity contribution in [2.75, 3.05) is 13.1 Å². The fraction of sp³-hybridized carbons (Fsp3) is 0.939. The van der Waals surface area contributed by atoms with E-state index in [1.807, 2.05) is 0 Å². The van der Waals surface area contributed by atoms with Gasteiger partial charge in [-0.05, 0) is 25.7 Å². The van der Waals surface area contributed by atoms with Crippen LogP contribution >= 0.6 is 0 Å². The van der Waals surface area contributed by atoms with E-state index in [0.29, 0.717) is 6.17 Å². The molecular formula is C33H66N2. The fourth-order valence-electron chi connectivity index (χ4n) is 5.66. The molecular weight excluding hydrogens is 424 g/mol. The second kappa shape index (κ2) is 25.0. The first-order valence-electron chi connectivity index (χ1n) is 16.5. The van der Waals surface area contributed by atoms with Gasteiger partial charge in [0.15, 0.2) is 0 Å². The van der Waals surface area contributed by atoms with Gasteiger partial charge in [-0.3, -0.25) is 0 Å².